The van der Waals surface area contributed by atoms with Gasteiger partial charge >= 0.3 is 0 Å². The number of rotatable bonds is 7. The highest BCUT2D eigenvalue weighted by atomic mass is 16.5. The average Bonchev–Trinajstić information content (AvgIpc) is 3.32. The lowest BCUT2D eigenvalue weighted by Crippen LogP contribution is -2.43. The van der Waals surface area contributed by atoms with E-state index in [1.165, 1.54) is 11.8 Å². The summed E-state index contributed by atoms with van der Waals surface area (Å²) in [6.45, 7) is 6.48. The molecule has 1 amide bonds. The monoisotopic (exact) mass is 357 g/mol. The standard InChI is InChI=1S/C21H27NO4/c1-20(2,3)15-8-10-17(11-9-15)26-13-19(23)22-14-21(24,16-6-7-16)18-5-4-12-25-18/h4-5,8-12,16,24H,6-7,13-14H2,1-3H3,(H,22,23). The van der Waals surface area contributed by atoms with Gasteiger partial charge in [-0.1, -0.05) is 32.9 Å². The summed E-state index contributed by atoms with van der Waals surface area (Å²) in [6, 6.07) is 11.3. The van der Waals surface area contributed by atoms with Gasteiger partial charge in [0.25, 0.3) is 5.91 Å². The smallest absolute Gasteiger partial charge is 0.258 e. The lowest BCUT2D eigenvalue weighted by Gasteiger charge is -2.26. The maximum absolute atomic E-state index is 12.1. The highest BCUT2D eigenvalue weighted by molar-refractivity contribution is 5.77. The number of nitrogens with one attached hydrogen (secondary N) is 1. The van der Waals surface area contributed by atoms with Crippen molar-refractivity contribution in [2.45, 2.75) is 44.6 Å². The minimum atomic E-state index is -1.15. The summed E-state index contributed by atoms with van der Waals surface area (Å²) in [7, 11) is 0. The van der Waals surface area contributed by atoms with Crippen molar-refractivity contribution in [1.29, 1.82) is 0 Å². The van der Waals surface area contributed by atoms with Gasteiger partial charge in [-0.15, -0.1) is 0 Å². The minimum Gasteiger partial charge on any atom is -0.484 e. The summed E-state index contributed by atoms with van der Waals surface area (Å²) >= 11 is 0. The van der Waals surface area contributed by atoms with Crippen molar-refractivity contribution in [2.24, 2.45) is 5.92 Å². The van der Waals surface area contributed by atoms with Crippen LogP contribution in [0.5, 0.6) is 5.75 Å². The fourth-order valence-corrected chi connectivity index (χ4v) is 3.00. The van der Waals surface area contributed by atoms with Crippen LogP contribution in [0.25, 0.3) is 0 Å². The highest BCUT2D eigenvalue weighted by Crippen LogP contribution is 2.45. The van der Waals surface area contributed by atoms with Crippen LogP contribution < -0.4 is 10.1 Å². The van der Waals surface area contributed by atoms with Gasteiger partial charge in [-0.25, -0.2) is 0 Å². The number of carbonyl (C=O) groups is 1. The van der Waals surface area contributed by atoms with Gasteiger partial charge in [-0.2, -0.15) is 0 Å². The molecule has 1 aromatic heterocycles. The van der Waals surface area contributed by atoms with E-state index in [9.17, 15) is 9.90 Å². The maximum Gasteiger partial charge on any atom is 0.258 e. The third-order valence-electron chi connectivity index (χ3n) is 4.85. The number of hydrogen-bond donors (Lipinski definition) is 2. The van der Waals surface area contributed by atoms with E-state index in [2.05, 4.69) is 26.1 Å². The van der Waals surface area contributed by atoms with Crippen molar-refractivity contribution < 1.29 is 19.1 Å². The molecule has 0 saturated heterocycles. The van der Waals surface area contributed by atoms with E-state index in [-0.39, 0.29) is 30.4 Å². The molecule has 26 heavy (non-hydrogen) atoms. The van der Waals surface area contributed by atoms with Gasteiger partial charge in [0.2, 0.25) is 0 Å². The van der Waals surface area contributed by atoms with Gasteiger partial charge in [0, 0.05) is 0 Å². The first-order valence-corrected chi connectivity index (χ1v) is 9.05. The Morgan fingerprint density at radius 2 is 1.92 bits per heavy atom. The summed E-state index contributed by atoms with van der Waals surface area (Å²) in [5.74, 6) is 1.01. The van der Waals surface area contributed by atoms with Crippen molar-refractivity contribution >= 4 is 5.91 Å². The van der Waals surface area contributed by atoms with E-state index < -0.39 is 5.60 Å². The number of benzene rings is 1. The topological polar surface area (TPSA) is 71.7 Å². The summed E-state index contributed by atoms with van der Waals surface area (Å²) in [5, 5.41) is 13.7. The van der Waals surface area contributed by atoms with Crippen molar-refractivity contribution in [3.05, 3.63) is 54.0 Å². The van der Waals surface area contributed by atoms with Crippen LogP contribution in [0, 0.1) is 5.92 Å². The van der Waals surface area contributed by atoms with Crippen LogP contribution >= 0.6 is 0 Å². The van der Waals surface area contributed by atoms with Crippen molar-refractivity contribution in [3.63, 3.8) is 0 Å². The Morgan fingerprint density at radius 3 is 2.46 bits per heavy atom. The molecule has 1 fully saturated rings. The summed E-state index contributed by atoms with van der Waals surface area (Å²) in [4.78, 5) is 12.1. The molecule has 1 aliphatic carbocycles. The molecule has 0 spiro atoms. The fraction of sp³-hybridized carbons (Fsp3) is 0.476. The number of amides is 1. The number of aliphatic hydroxyl groups is 1. The van der Waals surface area contributed by atoms with E-state index >= 15 is 0 Å². The molecule has 0 aliphatic heterocycles. The number of hydrogen-bond acceptors (Lipinski definition) is 4. The molecule has 140 valence electrons. The zero-order valence-electron chi connectivity index (χ0n) is 15.6. The van der Waals surface area contributed by atoms with Crippen molar-refractivity contribution in [1.82, 2.24) is 5.32 Å². The van der Waals surface area contributed by atoms with Crippen LogP contribution in [-0.4, -0.2) is 24.2 Å². The van der Waals surface area contributed by atoms with Crippen molar-refractivity contribution in [2.75, 3.05) is 13.2 Å². The molecule has 5 heteroatoms. The van der Waals surface area contributed by atoms with E-state index in [1.54, 1.807) is 12.1 Å². The molecule has 5 nitrogen and oxygen atoms in total. The van der Waals surface area contributed by atoms with Crippen LogP contribution in [0.15, 0.2) is 47.1 Å². The number of ether oxygens (including phenoxy) is 1. The quantitative estimate of drug-likeness (QED) is 0.797. The lowest BCUT2D eigenvalue weighted by molar-refractivity contribution is -0.125. The molecule has 3 rings (SSSR count). The summed E-state index contributed by atoms with van der Waals surface area (Å²) in [5.41, 5.74) is 0.143. The molecular formula is C21H27NO4. The van der Waals surface area contributed by atoms with Crippen LogP contribution in [0.4, 0.5) is 0 Å². The van der Waals surface area contributed by atoms with Gasteiger partial charge in [0.15, 0.2) is 6.61 Å². The Bertz CT molecular complexity index is 726. The predicted molar refractivity (Wildman–Crippen MR) is 99.0 cm³/mol. The molecule has 1 atom stereocenters. The summed E-state index contributed by atoms with van der Waals surface area (Å²) < 4.78 is 10.9. The Kier molecular flexibility index (Phi) is 5.10. The second kappa shape index (κ2) is 7.16. The minimum absolute atomic E-state index is 0.0784. The van der Waals surface area contributed by atoms with Gasteiger partial charge in [-0.05, 0) is 54.0 Å². The molecule has 2 N–H and O–H groups in total. The molecule has 1 saturated carbocycles. The first-order chi connectivity index (χ1) is 12.3. The Balaban J connectivity index is 1.51. The van der Waals surface area contributed by atoms with Gasteiger partial charge in [0.05, 0.1) is 12.8 Å². The SMILES string of the molecule is CC(C)(C)c1ccc(OCC(=O)NCC(O)(c2ccco2)C2CC2)cc1. The van der Waals surface area contributed by atoms with Crippen LogP contribution in [0.3, 0.4) is 0 Å². The number of carbonyl (C=O) groups excluding carboxylic acids is 1. The third kappa shape index (κ3) is 4.28. The second-order valence-corrected chi connectivity index (χ2v) is 8.02. The fourth-order valence-electron chi connectivity index (χ4n) is 3.00. The van der Waals surface area contributed by atoms with E-state index in [0.717, 1.165) is 12.8 Å². The molecule has 1 heterocycles. The number of furan rings is 1. The largest absolute Gasteiger partial charge is 0.484 e. The molecule has 2 aromatic rings. The molecule has 1 unspecified atom stereocenters. The van der Waals surface area contributed by atoms with E-state index in [4.69, 9.17) is 9.15 Å². The maximum atomic E-state index is 12.1. The van der Waals surface area contributed by atoms with E-state index in [1.807, 2.05) is 24.3 Å². The molecule has 0 bridgehead atoms. The van der Waals surface area contributed by atoms with Crippen LogP contribution in [0.2, 0.25) is 0 Å². The Labute approximate surface area is 154 Å². The van der Waals surface area contributed by atoms with Gasteiger partial charge in [-0.3, -0.25) is 4.79 Å². The zero-order chi connectivity index (χ0) is 18.8. The zero-order valence-corrected chi connectivity index (χ0v) is 15.6. The molecular weight excluding hydrogens is 330 g/mol. The first-order valence-electron chi connectivity index (χ1n) is 9.05. The van der Waals surface area contributed by atoms with Crippen LogP contribution in [-0.2, 0) is 15.8 Å². The van der Waals surface area contributed by atoms with E-state index in [0.29, 0.717) is 11.5 Å². The van der Waals surface area contributed by atoms with Gasteiger partial charge < -0.3 is 19.6 Å². The van der Waals surface area contributed by atoms with Crippen LogP contribution in [0.1, 0.15) is 44.9 Å². The average molecular weight is 357 g/mol. The molecule has 1 aliphatic rings. The molecule has 0 radical (unpaired) electrons. The molecule has 1 aromatic carbocycles. The van der Waals surface area contributed by atoms with Gasteiger partial charge in [0.1, 0.15) is 17.1 Å². The normalized spacial score (nSPS) is 16.8. The lowest BCUT2D eigenvalue weighted by atomic mass is 9.87. The Morgan fingerprint density at radius 1 is 1.23 bits per heavy atom. The second-order valence-electron chi connectivity index (χ2n) is 8.02. The first kappa shape index (κ1) is 18.5. The van der Waals surface area contributed by atoms with Crippen molar-refractivity contribution in [3.8, 4) is 5.75 Å². The third-order valence-corrected chi connectivity index (χ3v) is 4.85. The predicted octanol–water partition coefficient (Wildman–Crippen LogP) is 3.37. The highest BCUT2D eigenvalue weighted by Gasteiger charge is 2.47. The Hall–Kier alpha value is -2.27. The summed E-state index contributed by atoms with van der Waals surface area (Å²) in [6.07, 6.45) is 3.41.